The number of carboxylic acid groups (broad SMARTS) is 1. The number of nitrogens with zero attached hydrogens (tertiary/aromatic N) is 1. The Morgan fingerprint density at radius 2 is 2.06 bits per heavy atom. The van der Waals surface area contributed by atoms with Crippen LogP contribution < -0.4 is 0 Å². The Morgan fingerprint density at radius 1 is 1.47 bits per heavy atom. The van der Waals surface area contributed by atoms with Gasteiger partial charge in [0.05, 0.1) is 10.8 Å². The van der Waals surface area contributed by atoms with E-state index in [1.807, 2.05) is 0 Å². The van der Waals surface area contributed by atoms with Crippen LogP contribution in [0.1, 0.15) is 25.3 Å². The average Bonchev–Trinajstić information content (AvgIpc) is 2.19. The largest absolute Gasteiger partial charge is 0.481 e. The number of halogens is 1. The summed E-state index contributed by atoms with van der Waals surface area (Å²) in [5.74, 6) is -3.71. The van der Waals surface area contributed by atoms with Crippen molar-refractivity contribution in [1.82, 2.24) is 0 Å². The number of aliphatic carboxylic acids is 1. The highest BCUT2D eigenvalue weighted by molar-refractivity contribution is 5.76. The Bertz CT molecular complexity index is 459. The molecule has 0 aliphatic heterocycles. The minimum absolute atomic E-state index is 0.151. The second-order valence-electron chi connectivity index (χ2n) is 4.00. The summed E-state index contributed by atoms with van der Waals surface area (Å²) in [5, 5.41) is 19.6. The van der Waals surface area contributed by atoms with Crippen molar-refractivity contribution in [2.75, 3.05) is 0 Å². The van der Waals surface area contributed by atoms with Crippen molar-refractivity contribution in [3.63, 3.8) is 0 Å². The Balaban J connectivity index is 3.35. The van der Waals surface area contributed by atoms with Crippen LogP contribution in [0.2, 0.25) is 0 Å². The molecule has 0 amide bonds. The predicted octanol–water partition coefficient (Wildman–Crippen LogP) is 2.56. The first-order valence-electron chi connectivity index (χ1n) is 5.01. The maximum absolute atomic E-state index is 13.8. The molecule has 17 heavy (non-hydrogen) atoms. The first kappa shape index (κ1) is 13.1. The summed E-state index contributed by atoms with van der Waals surface area (Å²) in [7, 11) is 0. The summed E-state index contributed by atoms with van der Waals surface area (Å²) in [6, 6.07) is 3.56. The molecule has 0 heterocycles. The van der Waals surface area contributed by atoms with Gasteiger partial charge in [-0.3, -0.25) is 14.9 Å². The van der Waals surface area contributed by atoms with Crippen LogP contribution in [0.5, 0.6) is 0 Å². The molecule has 0 aromatic heterocycles. The molecule has 1 aromatic carbocycles. The highest BCUT2D eigenvalue weighted by Gasteiger charge is 2.30. The van der Waals surface area contributed by atoms with Crippen molar-refractivity contribution in [3.05, 3.63) is 39.7 Å². The van der Waals surface area contributed by atoms with Gasteiger partial charge in [-0.05, 0) is 5.92 Å². The lowest BCUT2D eigenvalue weighted by Crippen LogP contribution is -2.19. The van der Waals surface area contributed by atoms with Gasteiger partial charge in [-0.15, -0.1) is 0 Å². The van der Waals surface area contributed by atoms with Crippen LogP contribution in [-0.4, -0.2) is 16.0 Å². The van der Waals surface area contributed by atoms with Crippen molar-refractivity contribution < 1.29 is 19.2 Å². The highest BCUT2D eigenvalue weighted by atomic mass is 19.1. The fourth-order valence-corrected chi connectivity index (χ4v) is 1.70. The molecule has 0 spiro atoms. The lowest BCUT2D eigenvalue weighted by Gasteiger charge is -2.16. The number of hydrogen-bond acceptors (Lipinski definition) is 3. The summed E-state index contributed by atoms with van der Waals surface area (Å²) < 4.78 is 13.8. The van der Waals surface area contributed by atoms with Gasteiger partial charge in [-0.25, -0.2) is 0 Å². The Hall–Kier alpha value is -1.98. The van der Waals surface area contributed by atoms with Crippen LogP contribution >= 0.6 is 0 Å². The molecular weight excluding hydrogens is 229 g/mol. The van der Waals surface area contributed by atoms with Crippen LogP contribution in [0.15, 0.2) is 18.2 Å². The standard InChI is InChI=1S/C11H12FNO4/c1-6(2)9(11(14)15)7-4-3-5-8(10(7)12)13(16)17/h3-6,9H,1-2H3,(H,14,15). The highest BCUT2D eigenvalue weighted by Crippen LogP contribution is 2.31. The van der Waals surface area contributed by atoms with Crippen LogP contribution in [0.25, 0.3) is 0 Å². The second-order valence-corrected chi connectivity index (χ2v) is 4.00. The Labute approximate surface area is 97.0 Å². The maximum atomic E-state index is 13.8. The molecule has 0 radical (unpaired) electrons. The van der Waals surface area contributed by atoms with Gasteiger partial charge in [-0.2, -0.15) is 4.39 Å². The third-order valence-electron chi connectivity index (χ3n) is 2.47. The number of hydrogen-bond donors (Lipinski definition) is 1. The number of nitro groups is 1. The van der Waals surface area contributed by atoms with E-state index in [-0.39, 0.29) is 11.5 Å². The number of nitro benzene ring substituents is 1. The number of benzene rings is 1. The molecule has 0 aliphatic rings. The number of rotatable bonds is 4. The normalized spacial score (nSPS) is 12.5. The van der Waals surface area contributed by atoms with Gasteiger partial charge in [0.15, 0.2) is 0 Å². The van der Waals surface area contributed by atoms with Gasteiger partial charge in [-0.1, -0.05) is 26.0 Å². The first-order chi connectivity index (χ1) is 7.86. The SMILES string of the molecule is CC(C)C(C(=O)O)c1cccc([N+](=O)[O-])c1F. The minimum Gasteiger partial charge on any atom is -0.481 e. The molecule has 0 fully saturated rings. The van der Waals surface area contributed by atoms with E-state index in [0.717, 1.165) is 6.07 Å². The van der Waals surface area contributed by atoms with Crippen LogP contribution in [0.3, 0.4) is 0 Å². The molecule has 92 valence electrons. The third kappa shape index (κ3) is 2.58. The third-order valence-corrected chi connectivity index (χ3v) is 2.47. The summed E-state index contributed by atoms with van der Waals surface area (Å²) in [6.07, 6.45) is 0. The molecule has 0 saturated carbocycles. The summed E-state index contributed by atoms with van der Waals surface area (Å²) in [6.45, 7) is 3.24. The summed E-state index contributed by atoms with van der Waals surface area (Å²) in [4.78, 5) is 20.7. The average molecular weight is 241 g/mol. The predicted molar refractivity (Wildman–Crippen MR) is 58.3 cm³/mol. The second kappa shape index (κ2) is 4.90. The van der Waals surface area contributed by atoms with E-state index in [1.165, 1.54) is 12.1 Å². The van der Waals surface area contributed by atoms with Gasteiger partial charge in [0.1, 0.15) is 0 Å². The lowest BCUT2D eigenvalue weighted by atomic mass is 9.88. The molecule has 1 rings (SSSR count). The fourth-order valence-electron chi connectivity index (χ4n) is 1.70. The first-order valence-corrected chi connectivity index (χ1v) is 5.01. The number of carbonyl (C=O) groups is 1. The van der Waals surface area contributed by atoms with E-state index >= 15 is 0 Å². The molecule has 6 heteroatoms. The van der Waals surface area contributed by atoms with Gasteiger partial charge in [0, 0.05) is 11.6 Å². The zero-order valence-electron chi connectivity index (χ0n) is 9.38. The van der Waals surface area contributed by atoms with Gasteiger partial charge in [0.25, 0.3) is 0 Å². The summed E-state index contributed by atoms with van der Waals surface area (Å²) >= 11 is 0. The van der Waals surface area contributed by atoms with E-state index < -0.39 is 28.3 Å². The van der Waals surface area contributed by atoms with Crippen molar-refractivity contribution in [2.24, 2.45) is 5.92 Å². The Morgan fingerprint density at radius 3 is 2.47 bits per heavy atom. The van der Waals surface area contributed by atoms with Crippen molar-refractivity contribution in [2.45, 2.75) is 19.8 Å². The zero-order valence-corrected chi connectivity index (χ0v) is 9.38. The molecule has 1 aromatic rings. The summed E-state index contributed by atoms with van der Waals surface area (Å²) in [5.41, 5.74) is -0.851. The Kier molecular flexibility index (Phi) is 3.77. The molecule has 1 atom stereocenters. The van der Waals surface area contributed by atoms with Crippen molar-refractivity contribution in [3.8, 4) is 0 Å². The molecule has 0 saturated heterocycles. The van der Waals surface area contributed by atoms with Crippen LogP contribution in [-0.2, 0) is 4.79 Å². The topological polar surface area (TPSA) is 80.4 Å². The van der Waals surface area contributed by atoms with E-state index in [0.29, 0.717) is 0 Å². The molecule has 0 bridgehead atoms. The smallest absolute Gasteiger partial charge is 0.311 e. The van der Waals surface area contributed by atoms with E-state index in [4.69, 9.17) is 5.11 Å². The van der Waals surface area contributed by atoms with E-state index in [2.05, 4.69) is 0 Å². The maximum Gasteiger partial charge on any atom is 0.311 e. The van der Waals surface area contributed by atoms with Gasteiger partial charge >= 0.3 is 11.7 Å². The molecule has 1 N–H and O–H groups in total. The fraction of sp³-hybridized carbons (Fsp3) is 0.364. The minimum atomic E-state index is -1.20. The van der Waals surface area contributed by atoms with Gasteiger partial charge < -0.3 is 5.11 Å². The monoisotopic (exact) mass is 241 g/mol. The van der Waals surface area contributed by atoms with Gasteiger partial charge in [0.2, 0.25) is 5.82 Å². The molecule has 1 unspecified atom stereocenters. The van der Waals surface area contributed by atoms with E-state index in [1.54, 1.807) is 13.8 Å². The van der Waals surface area contributed by atoms with Crippen molar-refractivity contribution in [1.29, 1.82) is 0 Å². The number of carboxylic acids is 1. The van der Waals surface area contributed by atoms with E-state index in [9.17, 15) is 19.3 Å². The molecular formula is C11H12FNO4. The molecule has 0 aliphatic carbocycles. The van der Waals surface area contributed by atoms with Crippen molar-refractivity contribution >= 4 is 11.7 Å². The lowest BCUT2D eigenvalue weighted by molar-refractivity contribution is -0.387. The quantitative estimate of drug-likeness (QED) is 0.648. The molecule has 5 nitrogen and oxygen atoms in total. The zero-order chi connectivity index (χ0) is 13.2. The van der Waals surface area contributed by atoms with Crippen LogP contribution in [0, 0.1) is 21.8 Å². The van der Waals surface area contributed by atoms with Crippen LogP contribution in [0.4, 0.5) is 10.1 Å².